The molecule has 22 atom stereocenters. The van der Waals surface area contributed by atoms with Crippen molar-refractivity contribution in [2.75, 3.05) is 18.8 Å². The molecule has 0 bridgehead atoms. The van der Waals surface area contributed by atoms with Gasteiger partial charge in [-0.1, -0.05) is 38.5 Å². The molecular weight excluding hydrogens is 1620 g/mol. The van der Waals surface area contributed by atoms with Crippen molar-refractivity contribution in [2.45, 2.75) is 235 Å². The molecule has 1 aromatic carbocycles. The highest BCUT2D eigenvalue weighted by molar-refractivity contribution is 7.80. The summed E-state index contributed by atoms with van der Waals surface area (Å²) in [6.07, 6.45) is -8.10. The molecule has 32 N–H and O–H groups in total. The van der Waals surface area contributed by atoms with Crippen molar-refractivity contribution in [3.63, 3.8) is 0 Å². The molecule has 0 saturated heterocycles. The number of benzene rings is 1. The number of carboxylic acid groups (broad SMARTS) is 2. The minimum atomic E-state index is -2.09. The molecule has 0 saturated carbocycles. The van der Waals surface area contributed by atoms with Crippen molar-refractivity contribution in [1.82, 2.24) is 105 Å². The van der Waals surface area contributed by atoms with Crippen LogP contribution in [-0.2, 0) is 96.0 Å². The lowest BCUT2D eigenvalue weighted by Crippen LogP contribution is -2.64. The number of amides is 14. The fourth-order valence-corrected chi connectivity index (χ4v) is 11.9. The van der Waals surface area contributed by atoms with Crippen molar-refractivity contribution in [2.24, 2.45) is 17.4 Å². The summed E-state index contributed by atoms with van der Waals surface area (Å²) in [6, 6.07) is -18.5. The van der Waals surface area contributed by atoms with Gasteiger partial charge in [-0.2, -0.15) is 12.6 Å². The van der Waals surface area contributed by atoms with Gasteiger partial charge in [-0.15, -0.1) is 0 Å². The van der Waals surface area contributed by atoms with Gasteiger partial charge < -0.3 is 152 Å². The predicted octanol–water partition coefficient (Wildman–Crippen LogP) is -11.1. The first-order chi connectivity index (χ1) is 56.8. The zero-order valence-corrected chi connectivity index (χ0v) is 68.4. The zero-order valence-electron chi connectivity index (χ0n) is 67.5. The van der Waals surface area contributed by atoms with E-state index >= 15 is 0 Å². The molecule has 121 heavy (non-hydrogen) atoms. The number of guanidine groups is 1. The molecule has 3 aromatic heterocycles. The number of aromatic amines is 3. The van der Waals surface area contributed by atoms with Gasteiger partial charge in [0.1, 0.15) is 78.5 Å². The Kier molecular flexibility index (Phi) is 41.0. The molecule has 3 heterocycles. The number of H-pyrrole nitrogens is 3. The maximum Gasteiger partial charge on any atom is 0.326 e. The van der Waals surface area contributed by atoms with Crippen LogP contribution in [0.4, 0.5) is 0 Å². The number of aliphatic hydroxyl groups excluding tert-OH is 7. The van der Waals surface area contributed by atoms with Gasteiger partial charge in [0.15, 0.2) is 5.96 Å². The van der Waals surface area contributed by atoms with Gasteiger partial charge >= 0.3 is 11.9 Å². The van der Waals surface area contributed by atoms with Crippen molar-refractivity contribution in [1.29, 1.82) is 5.41 Å². The van der Waals surface area contributed by atoms with Crippen molar-refractivity contribution >= 4 is 124 Å². The number of para-hydroxylation sites is 1. The van der Waals surface area contributed by atoms with E-state index in [0.29, 0.717) is 22.9 Å². The smallest absolute Gasteiger partial charge is 0.326 e. The van der Waals surface area contributed by atoms with Crippen LogP contribution in [0.15, 0.2) is 55.5 Å². The number of nitrogens with zero attached hydrogens (tertiary/aromatic N) is 2. The molecule has 0 aliphatic carbocycles. The highest BCUT2D eigenvalue weighted by Crippen LogP contribution is 2.21. The molecule has 0 unspecified atom stereocenters. The number of rotatable bonds is 51. The number of fused-ring (bicyclic) bond motifs is 1. The molecular formula is C72H111N23O25S. The van der Waals surface area contributed by atoms with E-state index in [-0.39, 0.29) is 43.1 Å². The van der Waals surface area contributed by atoms with Gasteiger partial charge in [0.25, 0.3) is 0 Å². The standard InChI is InChI=1S/C72H111N23O25S/c1-10-29(2)50(73)63(111)92-56(35(8)101)69(117)94-54(33(6)99)67(115)85-43(18-37-22-79-41-15-12-11-14-40(37)41)60(108)90-53(32(5)98)66(114)86-44(19-38-23-76-27-81-38)59(107)88-47(26-121)62(110)84-45(20-39-24-77-28-82-39)61(109)91-55(34(7)100)68(116)95-57(36(9)102)70(118)93-51(30(3)96)64(112)80-25-48(103)89-52(31(4)97)65(113)83-42(16-13-17-78-72(74)75)58(106)87-46(71(119)120)21-49(104)105/h11-12,14-15,22-24,27-36,42-47,50-57,79,96-102,121H,10,13,16-21,25-26,73H2,1-9H3,(H,76,81)(H,77,82)(H,80,112)(H,83,113)(H,84,110)(H,85,115)(H,86,114)(H,87,106)(H,88,107)(H,89,103)(H,90,108)(H,91,109)(H,92,111)(H,93,118)(H,94,117)(H,95,116)(H,104,105)(H,119,120)(H4,74,75,78)/t29-,30+,31+,32+,33+,34+,35+,36+,42-,43-,44-,45-,46-,47-,50-,51-,52-,53-,54-,55-,56-,57-/m0/s1. The van der Waals surface area contributed by atoms with Crippen LogP contribution in [0.25, 0.3) is 10.9 Å². The van der Waals surface area contributed by atoms with Crippen LogP contribution >= 0.6 is 12.6 Å². The predicted molar refractivity (Wildman–Crippen MR) is 427 cm³/mol. The molecule has 670 valence electrons. The third-order valence-corrected chi connectivity index (χ3v) is 19.2. The molecule has 0 radical (unpaired) electrons. The van der Waals surface area contributed by atoms with Gasteiger partial charge in [-0.25, -0.2) is 14.8 Å². The van der Waals surface area contributed by atoms with E-state index in [1.165, 1.54) is 38.2 Å². The summed E-state index contributed by atoms with van der Waals surface area (Å²) >= 11 is 4.27. The van der Waals surface area contributed by atoms with Crippen molar-refractivity contribution in [3.05, 3.63) is 72.5 Å². The van der Waals surface area contributed by atoms with Crippen LogP contribution < -0.4 is 91.2 Å². The monoisotopic (exact) mass is 1730 g/mol. The largest absolute Gasteiger partial charge is 0.481 e. The highest BCUT2D eigenvalue weighted by Gasteiger charge is 2.42. The topological polar surface area (TPSA) is 785 Å². The summed E-state index contributed by atoms with van der Waals surface area (Å²) in [7, 11) is 0. The van der Waals surface area contributed by atoms with Gasteiger partial charge in [-0.05, 0) is 78.9 Å². The number of aliphatic hydroxyl groups is 7. The number of aliphatic carboxylic acids is 2. The second-order valence-corrected chi connectivity index (χ2v) is 29.2. The first-order valence-corrected chi connectivity index (χ1v) is 38.8. The summed E-state index contributed by atoms with van der Waals surface area (Å²) < 4.78 is 0. The number of nitrogens with two attached hydrogens (primary N) is 2. The van der Waals surface area contributed by atoms with E-state index in [2.05, 4.69) is 112 Å². The molecule has 49 heteroatoms. The zero-order chi connectivity index (χ0) is 91.0. The minimum absolute atomic E-state index is 0.0215. The minimum Gasteiger partial charge on any atom is -0.481 e. The van der Waals surface area contributed by atoms with E-state index in [0.717, 1.165) is 41.5 Å². The van der Waals surface area contributed by atoms with E-state index in [9.17, 15) is 118 Å². The first kappa shape index (κ1) is 101. The number of imidazole rings is 2. The number of aromatic nitrogens is 5. The highest BCUT2D eigenvalue weighted by atomic mass is 32.1. The van der Waals surface area contributed by atoms with Crippen molar-refractivity contribution < 1.29 is 123 Å². The Hall–Kier alpha value is -12.0. The normalized spacial score (nSPS) is 16.8. The number of carbonyl (C=O) groups is 16. The third kappa shape index (κ3) is 32.2. The third-order valence-electron chi connectivity index (χ3n) is 18.8. The molecule has 0 spiro atoms. The molecule has 4 rings (SSSR count). The van der Waals surface area contributed by atoms with Gasteiger partial charge in [0, 0.05) is 72.4 Å². The Morgan fingerprint density at radius 3 is 1.21 bits per heavy atom. The first-order valence-electron chi connectivity index (χ1n) is 38.2. The van der Waals surface area contributed by atoms with Crippen LogP contribution in [0.2, 0.25) is 0 Å². The summed E-state index contributed by atoms with van der Waals surface area (Å²) in [5, 5.41) is 137. The van der Waals surface area contributed by atoms with Gasteiger partial charge in [-0.3, -0.25) is 77.3 Å². The van der Waals surface area contributed by atoms with E-state index in [1.54, 1.807) is 38.1 Å². The Morgan fingerprint density at radius 1 is 0.446 bits per heavy atom. The number of thiol groups is 1. The lowest BCUT2D eigenvalue weighted by Gasteiger charge is -2.30. The van der Waals surface area contributed by atoms with Crippen LogP contribution in [-0.4, -0.2) is 318 Å². The van der Waals surface area contributed by atoms with E-state index in [4.69, 9.17) is 22.0 Å². The maximum atomic E-state index is 14.7. The maximum absolute atomic E-state index is 14.7. The Labute approximate surface area is 697 Å². The van der Waals surface area contributed by atoms with Crippen LogP contribution in [0, 0.1) is 11.3 Å². The van der Waals surface area contributed by atoms with E-state index < -0.39 is 259 Å². The summed E-state index contributed by atoms with van der Waals surface area (Å²) in [6.45, 7) is 9.81. The molecule has 14 amide bonds. The molecule has 4 aromatic rings. The lowest BCUT2D eigenvalue weighted by atomic mass is 9.98. The Morgan fingerprint density at radius 2 is 0.802 bits per heavy atom. The summed E-state index contributed by atoms with van der Waals surface area (Å²) in [4.78, 5) is 235. The number of hydrogen-bond donors (Lipinski definition) is 31. The fraction of sp³-hybridized carbons (Fsp3) is 0.569. The fourth-order valence-electron chi connectivity index (χ4n) is 11.7. The van der Waals surface area contributed by atoms with Gasteiger partial charge in [0.05, 0.1) is 74.4 Å². The average Bonchev–Trinajstić information content (AvgIpc) is 1.80. The molecule has 0 fully saturated rings. The lowest BCUT2D eigenvalue weighted by molar-refractivity contribution is -0.147. The average molecular weight is 1730 g/mol. The Balaban J connectivity index is 1.53. The van der Waals surface area contributed by atoms with Crippen molar-refractivity contribution in [3.8, 4) is 0 Å². The second-order valence-electron chi connectivity index (χ2n) is 28.9. The van der Waals surface area contributed by atoms with Crippen LogP contribution in [0.1, 0.15) is 105 Å². The summed E-state index contributed by atoms with van der Waals surface area (Å²) in [5.74, 6) is -21.5. The van der Waals surface area contributed by atoms with Gasteiger partial charge in [0.2, 0.25) is 82.7 Å². The second kappa shape index (κ2) is 48.9. The van der Waals surface area contributed by atoms with Crippen LogP contribution in [0.5, 0.6) is 0 Å². The van der Waals surface area contributed by atoms with E-state index in [1.807, 2.05) is 5.32 Å². The number of hydrogen-bond acceptors (Lipinski definition) is 28. The number of carboxylic acids is 2. The molecule has 0 aliphatic rings. The number of nitrogens with one attached hydrogen (secondary N) is 19. The Bertz CT molecular complexity index is 4200. The number of carbonyl (C=O) groups excluding carboxylic acids is 14. The van der Waals surface area contributed by atoms with Crippen LogP contribution in [0.3, 0.4) is 0 Å². The summed E-state index contributed by atoms with van der Waals surface area (Å²) in [5.41, 5.74) is 12.8. The molecule has 48 nitrogen and oxygen atoms in total. The SMILES string of the molecule is CC[C@H](C)[C@H](N)C(=O)N[C@H](C(=O)N[C@H](C(=O)N[C@@H](Cc1c[nH]c2ccccc12)C(=O)N[C@H](C(=O)N[C@@H](Cc1cnc[nH]1)C(=O)N[C@@H](CS)C(=O)N[C@@H](Cc1cnc[nH]1)C(=O)N[C@H](C(=O)N[C@H](C(=O)N[C@H](C(=O)NCC(=O)N[C@H](C(=O)N[C@@H](CCCNC(=N)N)C(=O)N[C@@H](CC(=O)O)C(=O)O)[C@@H](C)O)[C@@H](C)O)[C@@H](C)O)[C@@H](C)O)[C@@H](C)O)[C@@H](C)O)[C@@H](C)O. The molecule has 0 aliphatic heterocycles. The quantitative estimate of drug-likeness (QED) is 0.00845.